The quantitative estimate of drug-likeness (QED) is 0.574. The van der Waals surface area contributed by atoms with Crippen molar-refractivity contribution >= 4 is 0 Å². The molecular formula is C16H27N. The van der Waals surface area contributed by atoms with Crippen LogP contribution in [0.5, 0.6) is 0 Å². The summed E-state index contributed by atoms with van der Waals surface area (Å²) in [5.41, 5.74) is 2.21. The van der Waals surface area contributed by atoms with Gasteiger partial charge in [0.15, 0.2) is 0 Å². The molecule has 1 nitrogen and oxygen atoms in total. The molecule has 0 N–H and O–H groups in total. The van der Waals surface area contributed by atoms with E-state index in [0.717, 1.165) is 12.0 Å². The summed E-state index contributed by atoms with van der Waals surface area (Å²) >= 11 is 0. The van der Waals surface area contributed by atoms with Crippen molar-refractivity contribution < 1.29 is 0 Å². The summed E-state index contributed by atoms with van der Waals surface area (Å²) in [7, 11) is 0. The molecule has 0 aliphatic heterocycles. The molecule has 1 heteroatoms. The van der Waals surface area contributed by atoms with Crippen LogP contribution in [0.25, 0.3) is 0 Å². The van der Waals surface area contributed by atoms with Gasteiger partial charge in [0, 0.05) is 0 Å². The van der Waals surface area contributed by atoms with Gasteiger partial charge in [-0.15, -0.1) is 0 Å². The van der Waals surface area contributed by atoms with Crippen LogP contribution >= 0.6 is 0 Å². The first-order valence-corrected chi connectivity index (χ1v) is 6.71. The number of hydrogen-bond donors (Lipinski definition) is 0. The summed E-state index contributed by atoms with van der Waals surface area (Å²) in [4.78, 5) is 0. The van der Waals surface area contributed by atoms with E-state index in [-0.39, 0.29) is 5.41 Å². The minimum Gasteiger partial charge on any atom is -0.197 e. The molecule has 0 spiro atoms. The fourth-order valence-electron chi connectivity index (χ4n) is 2.10. The predicted octanol–water partition coefficient (Wildman–Crippen LogP) is 5.26. The van der Waals surface area contributed by atoms with Crippen molar-refractivity contribution in [3.05, 3.63) is 23.3 Å². The predicted molar refractivity (Wildman–Crippen MR) is 75.6 cm³/mol. The number of rotatable bonds is 6. The van der Waals surface area contributed by atoms with Crippen LogP contribution in [0.1, 0.15) is 60.8 Å². The largest absolute Gasteiger partial charge is 0.197 e. The van der Waals surface area contributed by atoms with Gasteiger partial charge in [-0.05, 0) is 45.1 Å². The molecule has 0 amide bonds. The van der Waals surface area contributed by atoms with Crippen molar-refractivity contribution in [3.63, 3.8) is 0 Å². The van der Waals surface area contributed by atoms with Crippen LogP contribution in [0.2, 0.25) is 0 Å². The number of allylic oxidation sites excluding steroid dienone is 4. The van der Waals surface area contributed by atoms with E-state index >= 15 is 0 Å². The highest BCUT2D eigenvalue weighted by atomic mass is 14.3. The lowest BCUT2D eigenvalue weighted by Crippen LogP contribution is -2.11. The van der Waals surface area contributed by atoms with Crippen LogP contribution in [0.15, 0.2) is 23.3 Å². The van der Waals surface area contributed by atoms with E-state index in [2.05, 4.69) is 39.0 Å². The SMILES string of the molecule is C/C=C(\C=C(/CC)[C@H](C)CCC)C(C)(C)C#N. The fraction of sp³-hybridized carbons (Fsp3) is 0.688. The lowest BCUT2D eigenvalue weighted by Gasteiger charge is -2.20. The Morgan fingerprint density at radius 3 is 2.29 bits per heavy atom. The summed E-state index contributed by atoms with van der Waals surface area (Å²) in [5, 5.41) is 9.20. The molecule has 0 aromatic carbocycles. The van der Waals surface area contributed by atoms with E-state index in [1.165, 1.54) is 18.4 Å². The molecule has 0 aliphatic carbocycles. The van der Waals surface area contributed by atoms with E-state index < -0.39 is 0 Å². The second kappa shape index (κ2) is 7.33. The van der Waals surface area contributed by atoms with Gasteiger partial charge < -0.3 is 0 Å². The average molecular weight is 233 g/mol. The Bertz CT molecular complexity index is 326. The van der Waals surface area contributed by atoms with E-state index in [1.807, 2.05) is 20.8 Å². The Morgan fingerprint density at radius 2 is 1.94 bits per heavy atom. The first-order chi connectivity index (χ1) is 7.92. The first-order valence-electron chi connectivity index (χ1n) is 6.71. The maximum Gasteiger partial charge on any atom is 0.0763 e. The molecule has 96 valence electrons. The molecule has 0 saturated carbocycles. The molecular weight excluding hydrogens is 206 g/mol. The Labute approximate surface area is 107 Å². The summed E-state index contributed by atoms with van der Waals surface area (Å²) in [6.07, 6.45) is 7.82. The summed E-state index contributed by atoms with van der Waals surface area (Å²) < 4.78 is 0. The van der Waals surface area contributed by atoms with Gasteiger partial charge in [0.1, 0.15) is 0 Å². The summed E-state index contributed by atoms with van der Waals surface area (Å²) in [6, 6.07) is 2.38. The zero-order valence-electron chi connectivity index (χ0n) is 12.3. The van der Waals surface area contributed by atoms with Gasteiger partial charge in [0.05, 0.1) is 11.5 Å². The first kappa shape index (κ1) is 16.0. The Morgan fingerprint density at radius 1 is 1.35 bits per heavy atom. The van der Waals surface area contributed by atoms with Crippen molar-refractivity contribution in [3.8, 4) is 6.07 Å². The number of nitrogens with zero attached hydrogens (tertiary/aromatic N) is 1. The van der Waals surface area contributed by atoms with Crippen molar-refractivity contribution in [2.24, 2.45) is 11.3 Å². The van der Waals surface area contributed by atoms with Gasteiger partial charge in [-0.1, -0.05) is 44.9 Å². The van der Waals surface area contributed by atoms with Crippen molar-refractivity contribution in [1.29, 1.82) is 5.26 Å². The normalized spacial score (nSPS) is 15.6. The maximum absolute atomic E-state index is 9.20. The zero-order chi connectivity index (χ0) is 13.5. The van der Waals surface area contributed by atoms with Crippen molar-refractivity contribution in [1.82, 2.24) is 0 Å². The highest BCUT2D eigenvalue weighted by Gasteiger charge is 2.21. The third-order valence-corrected chi connectivity index (χ3v) is 3.42. The van der Waals surface area contributed by atoms with E-state index in [9.17, 15) is 5.26 Å². The molecule has 0 aromatic rings. The Balaban J connectivity index is 5.13. The van der Waals surface area contributed by atoms with Crippen LogP contribution in [0, 0.1) is 22.7 Å². The second-order valence-corrected chi connectivity index (χ2v) is 5.24. The molecule has 0 aromatic heterocycles. The third kappa shape index (κ3) is 4.77. The molecule has 0 rings (SSSR count). The fourth-order valence-corrected chi connectivity index (χ4v) is 2.10. The molecule has 17 heavy (non-hydrogen) atoms. The van der Waals surface area contributed by atoms with Crippen molar-refractivity contribution in [2.75, 3.05) is 0 Å². The smallest absolute Gasteiger partial charge is 0.0763 e. The van der Waals surface area contributed by atoms with Gasteiger partial charge in [0.2, 0.25) is 0 Å². The minimum atomic E-state index is -0.388. The topological polar surface area (TPSA) is 23.8 Å². The standard InChI is InChI=1S/C16H27N/c1-7-10-13(4)14(8-2)11-15(9-3)16(5,6)12-17/h9,11,13H,7-8,10H2,1-6H3/b14-11+,15-9+/t13-/m1/s1. The monoisotopic (exact) mass is 233 g/mol. The van der Waals surface area contributed by atoms with Gasteiger partial charge >= 0.3 is 0 Å². The molecule has 1 atom stereocenters. The third-order valence-electron chi connectivity index (χ3n) is 3.42. The van der Waals surface area contributed by atoms with Gasteiger partial charge in [0.25, 0.3) is 0 Å². The highest BCUT2D eigenvalue weighted by molar-refractivity contribution is 5.33. The van der Waals surface area contributed by atoms with Crippen LogP contribution in [0.4, 0.5) is 0 Å². The Kier molecular flexibility index (Phi) is 6.88. The summed E-state index contributed by atoms with van der Waals surface area (Å²) in [5.74, 6) is 0.620. The van der Waals surface area contributed by atoms with Gasteiger partial charge in [-0.3, -0.25) is 0 Å². The van der Waals surface area contributed by atoms with E-state index in [0.29, 0.717) is 5.92 Å². The van der Waals surface area contributed by atoms with Crippen molar-refractivity contribution in [2.45, 2.75) is 60.8 Å². The molecule has 0 aliphatic rings. The molecule has 0 heterocycles. The molecule has 0 bridgehead atoms. The van der Waals surface area contributed by atoms with Crippen LogP contribution in [-0.2, 0) is 0 Å². The molecule has 0 fully saturated rings. The Hall–Kier alpha value is -1.03. The molecule has 0 unspecified atom stereocenters. The van der Waals surface area contributed by atoms with E-state index in [1.54, 1.807) is 0 Å². The number of hydrogen-bond acceptors (Lipinski definition) is 1. The average Bonchev–Trinajstić information content (AvgIpc) is 2.30. The lowest BCUT2D eigenvalue weighted by molar-refractivity contribution is 0.574. The molecule has 0 radical (unpaired) electrons. The maximum atomic E-state index is 9.20. The minimum absolute atomic E-state index is 0.388. The van der Waals surface area contributed by atoms with Gasteiger partial charge in [-0.2, -0.15) is 5.26 Å². The van der Waals surface area contributed by atoms with Crippen LogP contribution in [-0.4, -0.2) is 0 Å². The second-order valence-electron chi connectivity index (χ2n) is 5.24. The van der Waals surface area contributed by atoms with Crippen LogP contribution < -0.4 is 0 Å². The number of nitriles is 1. The van der Waals surface area contributed by atoms with Crippen LogP contribution in [0.3, 0.4) is 0 Å². The lowest BCUT2D eigenvalue weighted by atomic mass is 9.82. The molecule has 0 saturated heterocycles. The van der Waals surface area contributed by atoms with E-state index in [4.69, 9.17) is 0 Å². The van der Waals surface area contributed by atoms with Gasteiger partial charge in [-0.25, -0.2) is 0 Å². The summed E-state index contributed by atoms with van der Waals surface area (Å²) in [6.45, 7) is 12.7. The zero-order valence-corrected chi connectivity index (χ0v) is 12.3. The highest BCUT2D eigenvalue weighted by Crippen LogP contribution is 2.30.